The molecule has 0 spiro atoms. The molecular weight excluding hydrogens is 725 g/mol. The van der Waals surface area contributed by atoms with Crippen molar-refractivity contribution in [2.24, 2.45) is 0 Å². The monoisotopic (exact) mass is 760 g/mol. The Morgan fingerprint density at radius 3 is 2.52 bits per heavy atom. The molecule has 10 heteroatoms. The van der Waals surface area contributed by atoms with E-state index < -0.39 is 12.1 Å². The van der Waals surface area contributed by atoms with Crippen LogP contribution in [-0.2, 0) is 22.4 Å². The van der Waals surface area contributed by atoms with E-state index in [9.17, 15) is 20.3 Å². The van der Waals surface area contributed by atoms with Gasteiger partial charge in [-0.15, -0.1) is 0 Å². The molecule has 9 nitrogen and oxygen atoms in total. The van der Waals surface area contributed by atoms with Crippen LogP contribution in [0.1, 0.15) is 70.8 Å². The number of hydrogen-bond donors (Lipinski definition) is 2. The van der Waals surface area contributed by atoms with Crippen molar-refractivity contribution in [2.75, 3.05) is 20.4 Å². The number of benzene rings is 2. The van der Waals surface area contributed by atoms with Crippen molar-refractivity contribution in [3.63, 3.8) is 0 Å². The fraction of sp³-hybridized carbons (Fsp3) is 0.533. The molecule has 1 unspecified atom stereocenters. The number of piperazine rings is 1. The normalized spacial score (nSPS) is 26.1. The quantitative estimate of drug-likeness (QED) is 0.449. The average Bonchev–Trinajstić information content (AvgIpc) is 3.40. The maximum absolute atomic E-state index is 12.5. The molecule has 0 aliphatic carbocycles. The van der Waals surface area contributed by atoms with E-state index in [2.05, 4.69) is 21.9 Å². The Kier molecular flexibility index (Phi) is 8.09. The first-order chi connectivity index (χ1) is 18.7. The minimum Gasteiger partial charge on any atom is -0.507 e. The van der Waals surface area contributed by atoms with Crippen molar-refractivity contribution in [3.05, 3.63) is 45.0 Å². The van der Waals surface area contributed by atoms with Crippen LogP contribution in [0, 0.1) is 76.2 Å². The summed E-state index contributed by atoms with van der Waals surface area (Å²) in [6.07, 6.45) is 2.02. The summed E-state index contributed by atoms with van der Waals surface area (Å²) in [5, 5.41) is 33.5. The molecule has 2 aromatic rings. The van der Waals surface area contributed by atoms with Crippen LogP contribution < -0.4 is 9.47 Å². The Hall–Kier alpha value is -2.04. The van der Waals surface area contributed by atoms with Gasteiger partial charge in [0.2, 0.25) is 6.79 Å². The molecule has 4 aliphatic rings. The second-order valence-electron chi connectivity index (χ2n) is 11.3. The molecule has 40 heavy (non-hydrogen) atoms. The molecule has 6 rings (SSSR count). The molecule has 2 aromatic carbocycles. The number of rotatable bonds is 4. The Balaban J connectivity index is 0.00000323. The number of aromatic hydroxyl groups is 2. The number of nitriles is 1. The second-order valence-corrected chi connectivity index (χ2v) is 11.3. The van der Waals surface area contributed by atoms with Crippen LogP contribution in [0.2, 0.25) is 0 Å². The first kappa shape index (κ1) is 29.5. The number of aryl methyl sites for hydroxylation is 1. The minimum atomic E-state index is -0.528. The fourth-order valence-electron chi connectivity index (χ4n) is 7.32. The van der Waals surface area contributed by atoms with Crippen LogP contribution in [-0.4, -0.2) is 64.6 Å². The number of likely N-dealkylation sites (N-methyl/N-ethyl adjacent to an activating group) is 1. The standard InChI is InChI=1S/C30H35N3O6.Ac/c1-6-7-23(34)37-12-22-25-18(27(35)16(4)29-30(25)39-13-38-29)10-20-26-24-17(8-14(2)15(3)28(24)36)9-19(32(26)5)21(11-31)33(20)22;/h8,19-22,26,35-36H,6-7,9-10,12-13H2,1-5H3;/t19-,20?,21-,22-,26+;/m0./s1. The number of phenols is 2. The van der Waals surface area contributed by atoms with Gasteiger partial charge in [0.05, 0.1) is 18.2 Å². The van der Waals surface area contributed by atoms with Crippen molar-refractivity contribution in [1.29, 1.82) is 5.26 Å². The molecule has 209 valence electrons. The fourth-order valence-corrected chi connectivity index (χ4v) is 7.32. The van der Waals surface area contributed by atoms with Gasteiger partial charge in [0.25, 0.3) is 0 Å². The SMILES string of the molecule is CCCC(=O)OC[C@H]1c2c(c(O)c(C)c3c2OCO3)CC2[C@@H]3c4c(cc(C)c(C)c4O)C[C@@H]([C@H](C#N)N21)N3C.[Ac]. The van der Waals surface area contributed by atoms with E-state index in [0.717, 1.165) is 27.8 Å². The summed E-state index contributed by atoms with van der Waals surface area (Å²) >= 11 is 0. The average molecular weight is 761 g/mol. The van der Waals surface area contributed by atoms with Crippen molar-refractivity contribution >= 4 is 5.97 Å². The van der Waals surface area contributed by atoms with E-state index in [0.29, 0.717) is 54.1 Å². The molecule has 0 aromatic heterocycles. The third kappa shape index (κ3) is 4.23. The van der Waals surface area contributed by atoms with Gasteiger partial charge in [-0.2, -0.15) is 5.26 Å². The van der Waals surface area contributed by atoms with Gasteiger partial charge >= 0.3 is 5.97 Å². The number of esters is 1. The van der Waals surface area contributed by atoms with Gasteiger partial charge in [0.15, 0.2) is 11.5 Å². The summed E-state index contributed by atoms with van der Waals surface area (Å²) < 4.78 is 17.5. The smallest absolute Gasteiger partial charge is 0.305 e. The summed E-state index contributed by atoms with van der Waals surface area (Å²) in [6.45, 7) is 7.71. The summed E-state index contributed by atoms with van der Waals surface area (Å²) in [5.41, 5.74) is 5.85. The Morgan fingerprint density at radius 1 is 1.10 bits per heavy atom. The molecule has 4 aliphatic heterocycles. The number of hydrogen-bond acceptors (Lipinski definition) is 9. The van der Waals surface area contributed by atoms with Crippen molar-refractivity contribution in [1.82, 2.24) is 9.80 Å². The van der Waals surface area contributed by atoms with Gasteiger partial charge in [-0.1, -0.05) is 13.0 Å². The molecule has 2 N–H and O–H groups in total. The van der Waals surface area contributed by atoms with Gasteiger partial charge in [-0.25, -0.2) is 0 Å². The molecular formula is C30H35AcN3O6. The zero-order valence-corrected chi connectivity index (χ0v) is 28.4. The van der Waals surface area contributed by atoms with Crippen LogP contribution >= 0.6 is 0 Å². The summed E-state index contributed by atoms with van der Waals surface area (Å²) in [5.74, 6) is 1.16. The zero-order chi connectivity index (χ0) is 27.7. The maximum Gasteiger partial charge on any atom is 0.305 e. The number of fused-ring (bicyclic) bond motifs is 9. The van der Waals surface area contributed by atoms with Crippen molar-refractivity contribution in [2.45, 2.75) is 83.6 Å². The molecule has 1 fully saturated rings. The third-order valence-electron chi connectivity index (χ3n) is 9.32. The largest absolute Gasteiger partial charge is 0.507 e. The maximum atomic E-state index is 12.5. The number of carbonyl (C=O) groups is 1. The number of ether oxygens (including phenoxy) is 3. The summed E-state index contributed by atoms with van der Waals surface area (Å²) in [4.78, 5) is 16.9. The van der Waals surface area contributed by atoms with E-state index in [-0.39, 0.29) is 87.3 Å². The van der Waals surface area contributed by atoms with E-state index in [1.54, 1.807) is 6.92 Å². The van der Waals surface area contributed by atoms with Crippen LogP contribution in [0.3, 0.4) is 0 Å². The van der Waals surface area contributed by atoms with Crippen LogP contribution in [0.5, 0.6) is 23.0 Å². The minimum absolute atomic E-state index is 0. The van der Waals surface area contributed by atoms with Gasteiger partial charge < -0.3 is 24.4 Å². The molecule has 0 saturated carbocycles. The first-order valence-corrected chi connectivity index (χ1v) is 13.7. The molecule has 2 bridgehead atoms. The zero-order valence-electron chi connectivity index (χ0n) is 23.7. The third-order valence-corrected chi connectivity index (χ3v) is 9.32. The first-order valence-electron chi connectivity index (χ1n) is 13.7. The summed E-state index contributed by atoms with van der Waals surface area (Å²) in [6, 6.07) is 3.04. The van der Waals surface area contributed by atoms with Crippen molar-refractivity contribution in [3.8, 4) is 29.1 Å². The summed E-state index contributed by atoms with van der Waals surface area (Å²) in [7, 11) is 2.02. The molecule has 1 saturated heterocycles. The van der Waals surface area contributed by atoms with E-state index >= 15 is 0 Å². The molecule has 0 amide bonds. The van der Waals surface area contributed by atoms with Gasteiger partial charge in [0, 0.05) is 84.8 Å². The van der Waals surface area contributed by atoms with Crippen LogP contribution in [0.15, 0.2) is 6.07 Å². The van der Waals surface area contributed by atoms with Crippen molar-refractivity contribution < 1.29 is 73.3 Å². The Labute approximate surface area is 270 Å². The van der Waals surface area contributed by atoms with E-state index in [1.807, 2.05) is 27.8 Å². The molecule has 1 radical (unpaired) electrons. The predicted octanol–water partition coefficient (Wildman–Crippen LogP) is 3.87. The number of phenolic OH excluding ortho intramolecular Hbond substituents is 2. The van der Waals surface area contributed by atoms with Gasteiger partial charge in [-0.3, -0.25) is 14.6 Å². The molecule has 4 heterocycles. The number of carbonyl (C=O) groups excluding carboxylic acids is 1. The topological polar surface area (TPSA) is 115 Å². The predicted molar refractivity (Wildman–Crippen MR) is 142 cm³/mol. The number of nitrogens with zero attached hydrogens (tertiary/aromatic N) is 3. The molecule has 5 atom stereocenters. The van der Waals surface area contributed by atoms with Crippen LogP contribution in [0.25, 0.3) is 0 Å². The second kappa shape index (κ2) is 11.0. The van der Waals surface area contributed by atoms with Gasteiger partial charge in [-0.05, 0) is 63.8 Å². The Bertz CT molecular complexity index is 1420. The van der Waals surface area contributed by atoms with Gasteiger partial charge in [0.1, 0.15) is 24.1 Å². The Morgan fingerprint density at radius 2 is 1.82 bits per heavy atom. The van der Waals surface area contributed by atoms with E-state index in [4.69, 9.17) is 14.2 Å². The van der Waals surface area contributed by atoms with Crippen LogP contribution in [0.4, 0.5) is 0 Å². The van der Waals surface area contributed by atoms with E-state index in [1.165, 1.54) is 0 Å².